The van der Waals surface area contributed by atoms with E-state index in [2.05, 4.69) is 23.2 Å². The Bertz CT molecular complexity index is 367. The molecule has 2 nitrogen and oxygen atoms in total. The third kappa shape index (κ3) is 4.51. The van der Waals surface area contributed by atoms with Gasteiger partial charge < -0.3 is 10.2 Å². The van der Waals surface area contributed by atoms with Crippen LogP contribution < -0.4 is 5.32 Å². The van der Waals surface area contributed by atoms with Crippen molar-refractivity contribution in [2.24, 2.45) is 5.92 Å². The highest BCUT2D eigenvalue weighted by Gasteiger charge is 2.12. The van der Waals surface area contributed by atoms with Crippen LogP contribution in [0.5, 0.6) is 0 Å². The van der Waals surface area contributed by atoms with Gasteiger partial charge >= 0.3 is 0 Å². The van der Waals surface area contributed by atoms with E-state index in [1.165, 1.54) is 32.4 Å². The summed E-state index contributed by atoms with van der Waals surface area (Å²) in [6.45, 7) is 6.99. The first-order chi connectivity index (χ1) is 8.74. The van der Waals surface area contributed by atoms with Crippen LogP contribution in [0.25, 0.3) is 0 Å². The highest BCUT2D eigenvalue weighted by Crippen LogP contribution is 2.17. The Hall–Kier alpha value is -0.730. The molecule has 1 aliphatic heterocycles. The van der Waals surface area contributed by atoms with E-state index in [0.29, 0.717) is 0 Å². The summed E-state index contributed by atoms with van der Waals surface area (Å²) in [5.41, 5.74) is 1.12. The molecule has 2 rings (SSSR count). The van der Waals surface area contributed by atoms with Crippen LogP contribution in [0.3, 0.4) is 0 Å². The van der Waals surface area contributed by atoms with E-state index in [1.54, 1.807) is 0 Å². The van der Waals surface area contributed by atoms with Crippen molar-refractivity contribution in [1.82, 2.24) is 4.90 Å². The Labute approximate surface area is 115 Å². The number of nitrogens with one attached hydrogen (secondary N) is 1. The van der Waals surface area contributed by atoms with Gasteiger partial charge in [-0.3, -0.25) is 0 Å². The normalized spacial score (nSPS) is 21.6. The van der Waals surface area contributed by atoms with Crippen molar-refractivity contribution in [1.29, 1.82) is 0 Å². The fraction of sp³-hybridized carbons (Fsp3) is 0.600. The van der Waals surface area contributed by atoms with Crippen LogP contribution in [-0.4, -0.2) is 31.1 Å². The second kappa shape index (κ2) is 7.01. The number of rotatable bonds is 4. The summed E-state index contributed by atoms with van der Waals surface area (Å²) < 4.78 is 0. The van der Waals surface area contributed by atoms with Crippen molar-refractivity contribution in [2.75, 3.05) is 31.5 Å². The zero-order valence-corrected chi connectivity index (χ0v) is 11.9. The van der Waals surface area contributed by atoms with Gasteiger partial charge in [0.25, 0.3) is 0 Å². The van der Waals surface area contributed by atoms with Gasteiger partial charge in [-0.15, -0.1) is 0 Å². The molecule has 1 atom stereocenters. The van der Waals surface area contributed by atoms with Gasteiger partial charge in [-0.2, -0.15) is 0 Å². The van der Waals surface area contributed by atoms with Crippen LogP contribution in [0.4, 0.5) is 5.69 Å². The summed E-state index contributed by atoms with van der Waals surface area (Å²) >= 11 is 5.96. The topological polar surface area (TPSA) is 15.3 Å². The van der Waals surface area contributed by atoms with Crippen LogP contribution in [0.2, 0.25) is 5.02 Å². The highest BCUT2D eigenvalue weighted by atomic mass is 35.5. The molecular formula is C15H23ClN2. The van der Waals surface area contributed by atoms with Crippen molar-refractivity contribution in [3.8, 4) is 0 Å². The van der Waals surface area contributed by atoms with Gasteiger partial charge in [0, 0.05) is 23.8 Å². The van der Waals surface area contributed by atoms with Gasteiger partial charge in [-0.1, -0.05) is 24.6 Å². The first-order valence-electron chi connectivity index (χ1n) is 6.96. The van der Waals surface area contributed by atoms with E-state index in [0.717, 1.165) is 29.7 Å². The Morgan fingerprint density at radius 1 is 1.33 bits per heavy atom. The number of benzene rings is 1. The first-order valence-corrected chi connectivity index (χ1v) is 7.33. The molecule has 18 heavy (non-hydrogen) atoms. The van der Waals surface area contributed by atoms with Crippen LogP contribution in [0.1, 0.15) is 26.2 Å². The molecule has 1 fully saturated rings. The number of likely N-dealkylation sites (tertiary alicyclic amines) is 1. The summed E-state index contributed by atoms with van der Waals surface area (Å²) in [4.78, 5) is 2.57. The van der Waals surface area contributed by atoms with Crippen molar-refractivity contribution in [3.05, 3.63) is 29.3 Å². The van der Waals surface area contributed by atoms with E-state index >= 15 is 0 Å². The van der Waals surface area contributed by atoms with E-state index in [1.807, 2.05) is 18.2 Å². The molecule has 1 heterocycles. The number of hydrogen-bond donors (Lipinski definition) is 1. The van der Waals surface area contributed by atoms with Crippen molar-refractivity contribution >= 4 is 17.3 Å². The summed E-state index contributed by atoms with van der Waals surface area (Å²) in [5.74, 6) is 0.899. The van der Waals surface area contributed by atoms with Gasteiger partial charge in [0.2, 0.25) is 0 Å². The average molecular weight is 267 g/mol. The largest absolute Gasteiger partial charge is 0.384 e. The lowest BCUT2D eigenvalue weighted by molar-refractivity contribution is 0.292. The Morgan fingerprint density at radius 3 is 3.06 bits per heavy atom. The number of hydrogen-bond acceptors (Lipinski definition) is 2. The van der Waals surface area contributed by atoms with E-state index < -0.39 is 0 Å². The molecule has 0 bridgehead atoms. The molecule has 1 N–H and O–H groups in total. The third-order valence-corrected chi connectivity index (χ3v) is 3.93. The highest BCUT2D eigenvalue weighted by molar-refractivity contribution is 6.30. The molecule has 0 amide bonds. The fourth-order valence-electron chi connectivity index (χ4n) is 2.50. The molecule has 0 radical (unpaired) electrons. The van der Waals surface area contributed by atoms with Gasteiger partial charge in [0.15, 0.2) is 0 Å². The zero-order valence-electron chi connectivity index (χ0n) is 11.2. The van der Waals surface area contributed by atoms with Gasteiger partial charge in [0.05, 0.1) is 0 Å². The second-order valence-electron chi connectivity index (χ2n) is 5.31. The fourth-order valence-corrected chi connectivity index (χ4v) is 2.69. The number of nitrogens with zero attached hydrogens (tertiary/aromatic N) is 1. The zero-order chi connectivity index (χ0) is 12.8. The Balaban J connectivity index is 1.71. The van der Waals surface area contributed by atoms with Crippen LogP contribution >= 0.6 is 11.6 Å². The molecule has 100 valence electrons. The summed E-state index contributed by atoms with van der Waals surface area (Å²) in [6, 6.07) is 7.93. The maximum atomic E-state index is 5.96. The van der Waals surface area contributed by atoms with Crippen LogP contribution in [0, 0.1) is 5.92 Å². The maximum Gasteiger partial charge on any atom is 0.0426 e. The molecule has 1 aromatic rings. The molecule has 0 saturated carbocycles. The second-order valence-corrected chi connectivity index (χ2v) is 5.75. The van der Waals surface area contributed by atoms with E-state index in [4.69, 9.17) is 11.6 Å². The average Bonchev–Trinajstić information content (AvgIpc) is 2.55. The minimum atomic E-state index is 0.795. The van der Waals surface area contributed by atoms with Crippen LogP contribution in [0.15, 0.2) is 24.3 Å². The summed E-state index contributed by atoms with van der Waals surface area (Å²) in [6.07, 6.45) is 4.08. The lowest BCUT2D eigenvalue weighted by Crippen LogP contribution is -2.30. The van der Waals surface area contributed by atoms with E-state index in [9.17, 15) is 0 Å². The predicted molar refractivity (Wildman–Crippen MR) is 79.4 cm³/mol. The van der Waals surface area contributed by atoms with Crippen molar-refractivity contribution in [3.63, 3.8) is 0 Å². The quantitative estimate of drug-likeness (QED) is 0.890. The minimum absolute atomic E-state index is 0.795. The van der Waals surface area contributed by atoms with Gasteiger partial charge in [-0.05, 0) is 56.5 Å². The molecule has 1 saturated heterocycles. The molecule has 0 spiro atoms. The smallest absolute Gasteiger partial charge is 0.0426 e. The van der Waals surface area contributed by atoms with Crippen molar-refractivity contribution < 1.29 is 0 Å². The number of halogens is 1. The monoisotopic (exact) mass is 266 g/mol. The van der Waals surface area contributed by atoms with Gasteiger partial charge in [-0.25, -0.2) is 0 Å². The van der Waals surface area contributed by atoms with Crippen molar-refractivity contribution in [2.45, 2.75) is 26.2 Å². The standard InChI is InChI=1S/C15H23ClN2/c1-13-4-3-9-18(10-7-13)11-8-17-15-6-2-5-14(16)12-15/h2,5-6,12-13,17H,3-4,7-11H2,1H3. The SMILES string of the molecule is CC1CCCN(CCNc2cccc(Cl)c2)CC1. The van der Waals surface area contributed by atoms with Crippen LogP contribution in [-0.2, 0) is 0 Å². The summed E-state index contributed by atoms with van der Waals surface area (Å²) in [7, 11) is 0. The third-order valence-electron chi connectivity index (χ3n) is 3.69. The predicted octanol–water partition coefficient (Wildman–Crippen LogP) is 3.87. The Kier molecular flexibility index (Phi) is 5.33. The molecule has 1 unspecified atom stereocenters. The molecule has 3 heteroatoms. The molecular weight excluding hydrogens is 244 g/mol. The lowest BCUT2D eigenvalue weighted by Gasteiger charge is -2.20. The molecule has 0 aliphatic carbocycles. The first kappa shape index (κ1) is 13.7. The molecule has 0 aromatic heterocycles. The minimum Gasteiger partial charge on any atom is -0.384 e. The van der Waals surface area contributed by atoms with E-state index in [-0.39, 0.29) is 0 Å². The maximum absolute atomic E-state index is 5.96. The Morgan fingerprint density at radius 2 is 2.22 bits per heavy atom. The van der Waals surface area contributed by atoms with Gasteiger partial charge in [0.1, 0.15) is 0 Å². The lowest BCUT2D eigenvalue weighted by atomic mass is 10.0. The summed E-state index contributed by atoms with van der Waals surface area (Å²) in [5, 5.41) is 4.23. The molecule has 1 aliphatic rings. The number of anilines is 1. The molecule has 1 aromatic carbocycles.